The number of benzene rings is 3. The highest BCUT2D eigenvalue weighted by atomic mass is 19.4. The molecule has 3 aromatic carbocycles. The molecule has 166 valence electrons. The standard InChI is InChI=1S/C24H22F3N3O2/c25-24(26,27)20-10-3-4-11-21(20)28-22(31)16-29-12-14-30(15-13-29)23(32)19-9-5-7-17-6-1-2-8-18(17)19/h1-11H,12-16H2,(H,28,31). The van der Waals surface area contributed by atoms with E-state index < -0.39 is 17.6 Å². The first-order valence-electron chi connectivity index (χ1n) is 10.3. The van der Waals surface area contributed by atoms with Crippen LogP contribution in [0.3, 0.4) is 0 Å². The van der Waals surface area contributed by atoms with Crippen molar-refractivity contribution in [2.75, 3.05) is 38.0 Å². The van der Waals surface area contributed by atoms with Gasteiger partial charge in [-0.15, -0.1) is 0 Å². The maximum absolute atomic E-state index is 13.1. The Morgan fingerprint density at radius 2 is 1.50 bits per heavy atom. The lowest BCUT2D eigenvalue weighted by Gasteiger charge is -2.34. The summed E-state index contributed by atoms with van der Waals surface area (Å²) in [5.74, 6) is -0.583. The lowest BCUT2D eigenvalue weighted by Crippen LogP contribution is -2.50. The number of hydrogen-bond donors (Lipinski definition) is 1. The summed E-state index contributed by atoms with van der Waals surface area (Å²) < 4.78 is 39.3. The largest absolute Gasteiger partial charge is 0.418 e. The molecule has 3 aromatic rings. The molecule has 1 fully saturated rings. The summed E-state index contributed by atoms with van der Waals surface area (Å²) in [6.45, 7) is 1.77. The Labute approximate surface area is 183 Å². The highest BCUT2D eigenvalue weighted by Gasteiger charge is 2.33. The van der Waals surface area contributed by atoms with Crippen molar-refractivity contribution in [3.63, 3.8) is 0 Å². The van der Waals surface area contributed by atoms with Crippen LogP contribution in [-0.4, -0.2) is 54.3 Å². The minimum absolute atomic E-state index is 0.0392. The van der Waals surface area contributed by atoms with E-state index in [1.165, 1.54) is 18.2 Å². The predicted molar refractivity (Wildman–Crippen MR) is 116 cm³/mol. The van der Waals surface area contributed by atoms with Gasteiger partial charge in [0.2, 0.25) is 5.91 Å². The van der Waals surface area contributed by atoms with Crippen LogP contribution in [-0.2, 0) is 11.0 Å². The van der Waals surface area contributed by atoms with E-state index in [1.807, 2.05) is 47.4 Å². The average molecular weight is 441 g/mol. The number of hydrogen-bond acceptors (Lipinski definition) is 3. The molecule has 0 radical (unpaired) electrons. The molecule has 1 heterocycles. The topological polar surface area (TPSA) is 52.7 Å². The molecule has 0 atom stereocenters. The predicted octanol–water partition coefficient (Wildman–Crippen LogP) is 4.26. The molecule has 0 bridgehead atoms. The molecule has 4 rings (SSSR count). The van der Waals surface area contributed by atoms with Gasteiger partial charge < -0.3 is 10.2 Å². The molecule has 0 spiro atoms. The number of rotatable bonds is 4. The second-order valence-electron chi connectivity index (χ2n) is 7.69. The molecule has 0 aromatic heterocycles. The van der Waals surface area contributed by atoms with Crippen LogP contribution in [0.25, 0.3) is 10.8 Å². The zero-order valence-electron chi connectivity index (χ0n) is 17.2. The fraction of sp³-hybridized carbons (Fsp3) is 0.250. The third-order valence-corrected chi connectivity index (χ3v) is 5.55. The first-order chi connectivity index (χ1) is 15.3. The number of nitrogens with one attached hydrogen (secondary N) is 1. The summed E-state index contributed by atoms with van der Waals surface area (Å²) in [6, 6.07) is 18.2. The molecule has 5 nitrogen and oxygen atoms in total. The van der Waals surface area contributed by atoms with Crippen LogP contribution in [0.1, 0.15) is 15.9 Å². The molecular weight excluding hydrogens is 419 g/mol. The molecule has 1 saturated heterocycles. The van der Waals surface area contributed by atoms with Crippen LogP contribution in [0.4, 0.5) is 18.9 Å². The molecule has 0 aliphatic carbocycles. The Morgan fingerprint density at radius 1 is 0.844 bits per heavy atom. The van der Waals surface area contributed by atoms with Crippen LogP contribution in [0, 0.1) is 0 Å². The van der Waals surface area contributed by atoms with Gasteiger partial charge in [-0.25, -0.2) is 0 Å². The zero-order chi connectivity index (χ0) is 22.7. The van der Waals surface area contributed by atoms with Crippen molar-refractivity contribution in [3.05, 3.63) is 77.9 Å². The van der Waals surface area contributed by atoms with E-state index in [1.54, 1.807) is 4.90 Å². The molecule has 0 unspecified atom stereocenters. The number of halogens is 3. The second kappa shape index (κ2) is 9.00. The van der Waals surface area contributed by atoms with Gasteiger partial charge in [-0.2, -0.15) is 13.2 Å². The summed E-state index contributed by atoms with van der Waals surface area (Å²) in [4.78, 5) is 29.0. The third-order valence-electron chi connectivity index (χ3n) is 5.55. The molecular formula is C24H22F3N3O2. The fourth-order valence-electron chi connectivity index (χ4n) is 3.92. The molecule has 2 amide bonds. The van der Waals surface area contributed by atoms with Gasteiger partial charge in [0.25, 0.3) is 5.91 Å². The number of para-hydroxylation sites is 1. The van der Waals surface area contributed by atoms with Gasteiger partial charge >= 0.3 is 6.18 Å². The quantitative estimate of drug-likeness (QED) is 0.659. The highest BCUT2D eigenvalue weighted by molar-refractivity contribution is 6.07. The highest BCUT2D eigenvalue weighted by Crippen LogP contribution is 2.34. The van der Waals surface area contributed by atoms with E-state index in [4.69, 9.17) is 0 Å². The SMILES string of the molecule is O=C(CN1CCN(C(=O)c2cccc3ccccc23)CC1)Nc1ccccc1C(F)(F)F. The Bertz CT molecular complexity index is 1130. The summed E-state index contributed by atoms with van der Waals surface area (Å²) >= 11 is 0. The number of carbonyl (C=O) groups excluding carboxylic acids is 2. The van der Waals surface area contributed by atoms with Crippen molar-refractivity contribution < 1.29 is 22.8 Å². The van der Waals surface area contributed by atoms with Gasteiger partial charge in [0.15, 0.2) is 0 Å². The smallest absolute Gasteiger partial charge is 0.336 e. The fourth-order valence-corrected chi connectivity index (χ4v) is 3.92. The van der Waals surface area contributed by atoms with Gasteiger partial charge in [0.1, 0.15) is 0 Å². The maximum Gasteiger partial charge on any atom is 0.418 e. The van der Waals surface area contributed by atoms with Crippen molar-refractivity contribution in [2.45, 2.75) is 6.18 Å². The van der Waals surface area contributed by atoms with Crippen molar-refractivity contribution >= 4 is 28.3 Å². The van der Waals surface area contributed by atoms with Crippen molar-refractivity contribution in [1.82, 2.24) is 9.80 Å². The number of piperazine rings is 1. The van der Waals surface area contributed by atoms with Gasteiger partial charge in [0.05, 0.1) is 17.8 Å². The second-order valence-corrected chi connectivity index (χ2v) is 7.69. The number of nitrogens with zero attached hydrogens (tertiary/aromatic N) is 2. The van der Waals surface area contributed by atoms with Gasteiger partial charge in [-0.1, -0.05) is 48.5 Å². The van der Waals surface area contributed by atoms with E-state index >= 15 is 0 Å². The lowest BCUT2D eigenvalue weighted by molar-refractivity contribution is -0.137. The molecule has 0 saturated carbocycles. The summed E-state index contributed by atoms with van der Waals surface area (Å²) in [5.41, 5.74) is -0.494. The number of fused-ring (bicyclic) bond motifs is 1. The Hall–Kier alpha value is -3.39. The molecule has 32 heavy (non-hydrogen) atoms. The third kappa shape index (κ3) is 4.75. The Kier molecular flexibility index (Phi) is 6.14. The van der Waals surface area contributed by atoms with Crippen LogP contribution in [0.2, 0.25) is 0 Å². The Balaban J connectivity index is 1.35. The number of carbonyl (C=O) groups is 2. The average Bonchev–Trinajstić information content (AvgIpc) is 2.78. The Morgan fingerprint density at radius 3 is 2.25 bits per heavy atom. The van der Waals surface area contributed by atoms with Crippen LogP contribution in [0.5, 0.6) is 0 Å². The van der Waals surface area contributed by atoms with Gasteiger partial charge in [-0.3, -0.25) is 14.5 Å². The zero-order valence-corrected chi connectivity index (χ0v) is 17.2. The minimum atomic E-state index is -4.54. The monoisotopic (exact) mass is 441 g/mol. The van der Waals surface area contributed by atoms with Gasteiger partial charge in [-0.05, 0) is 29.0 Å². The number of alkyl halides is 3. The van der Waals surface area contributed by atoms with E-state index in [0.29, 0.717) is 31.7 Å². The van der Waals surface area contributed by atoms with Crippen LogP contribution >= 0.6 is 0 Å². The number of amides is 2. The van der Waals surface area contributed by atoms with E-state index in [0.717, 1.165) is 16.8 Å². The maximum atomic E-state index is 13.1. The van der Waals surface area contributed by atoms with Crippen LogP contribution in [0.15, 0.2) is 66.7 Å². The van der Waals surface area contributed by atoms with Crippen molar-refractivity contribution in [3.8, 4) is 0 Å². The van der Waals surface area contributed by atoms with E-state index in [9.17, 15) is 22.8 Å². The van der Waals surface area contributed by atoms with Crippen LogP contribution < -0.4 is 5.32 Å². The summed E-state index contributed by atoms with van der Waals surface area (Å²) in [6.07, 6.45) is -4.54. The van der Waals surface area contributed by atoms with Crippen molar-refractivity contribution in [1.29, 1.82) is 0 Å². The molecule has 1 aliphatic heterocycles. The first-order valence-corrected chi connectivity index (χ1v) is 10.3. The minimum Gasteiger partial charge on any atom is -0.336 e. The number of anilines is 1. The molecule has 8 heteroatoms. The molecule has 1 N–H and O–H groups in total. The van der Waals surface area contributed by atoms with Gasteiger partial charge in [0, 0.05) is 31.7 Å². The molecule has 1 aliphatic rings. The summed E-state index contributed by atoms with van der Waals surface area (Å²) in [5, 5.41) is 4.25. The lowest BCUT2D eigenvalue weighted by atomic mass is 10.0. The normalized spacial score (nSPS) is 15.0. The van der Waals surface area contributed by atoms with E-state index in [-0.39, 0.29) is 18.1 Å². The van der Waals surface area contributed by atoms with Crippen molar-refractivity contribution in [2.24, 2.45) is 0 Å². The van der Waals surface area contributed by atoms with E-state index in [2.05, 4.69) is 5.32 Å². The first kappa shape index (κ1) is 21.8. The summed E-state index contributed by atoms with van der Waals surface area (Å²) in [7, 11) is 0.